The summed E-state index contributed by atoms with van der Waals surface area (Å²) in [6.45, 7) is 0.414. The quantitative estimate of drug-likeness (QED) is 0.334. The molecule has 0 bridgehead atoms. The Hall–Kier alpha value is -3.67. The topological polar surface area (TPSA) is 57.6 Å². The van der Waals surface area contributed by atoms with Crippen LogP contribution in [-0.4, -0.2) is 28.3 Å². The molecular formula is C27H20Cl2N4O. The van der Waals surface area contributed by atoms with Gasteiger partial charge in [-0.25, -0.2) is 9.80 Å². The van der Waals surface area contributed by atoms with Crippen molar-refractivity contribution in [2.45, 2.75) is 5.92 Å². The molecule has 7 heteroatoms. The highest BCUT2D eigenvalue weighted by Gasteiger charge is 2.32. The number of hydrazone groups is 1. The highest BCUT2D eigenvalue weighted by atomic mass is 35.5. The van der Waals surface area contributed by atoms with Gasteiger partial charge in [0.15, 0.2) is 0 Å². The summed E-state index contributed by atoms with van der Waals surface area (Å²) in [7, 11) is 0. The summed E-state index contributed by atoms with van der Waals surface area (Å²) in [5, 5.41) is 10.4. The SMILES string of the molecule is O=C(Nc1ccc(-c2ccccn2)cc1)N1C[C@@H](c2ccc(Cl)cc2)C(c2ccc(Cl)cc2)=N1. The van der Waals surface area contributed by atoms with E-state index >= 15 is 0 Å². The number of amides is 2. The second-order valence-corrected chi connectivity index (χ2v) is 8.77. The van der Waals surface area contributed by atoms with E-state index < -0.39 is 0 Å². The maximum atomic E-state index is 13.1. The van der Waals surface area contributed by atoms with Gasteiger partial charge in [0, 0.05) is 33.4 Å². The molecule has 0 unspecified atom stereocenters. The molecule has 3 aromatic carbocycles. The minimum absolute atomic E-state index is 0.0873. The van der Waals surface area contributed by atoms with Gasteiger partial charge in [-0.2, -0.15) is 5.10 Å². The number of aromatic nitrogens is 1. The number of carbonyl (C=O) groups excluding carboxylic acids is 1. The molecule has 5 nitrogen and oxygen atoms in total. The molecule has 0 saturated heterocycles. The van der Waals surface area contributed by atoms with Crippen LogP contribution in [0.25, 0.3) is 11.3 Å². The van der Waals surface area contributed by atoms with Crippen LogP contribution in [-0.2, 0) is 0 Å². The van der Waals surface area contributed by atoms with Crippen molar-refractivity contribution in [2.75, 3.05) is 11.9 Å². The Labute approximate surface area is 207 Å². The fraction of sp³-hybridized carbons (Fsp3) is 0.0741. The third kappa shape index (κ3) is 4.81. The normalized spacial score (nSPS) is 15.2. The molecule has 2 amide bonds. The average Bonchev–Trinajstić information content (AvgIpc) is 3.32. The minimum atomic E-state index is -0.298. The van der Waals surface area contributed by atoms with E-state index in [0.29, 0.717) is 22.3 Å². The maximum Gasteiger partial charge on any atom is 0.342 e. The van der Waals surface area contributed by atoms with E-state index in [2.05, 4.69) is 15.4 Å². The molecular weight excluding hydrogens is 467 g/mol. The third-order valence-corrected chi connectivity index (χ3v) is 6.16. The van der Waals surface area contributed by atoms with E-state index in [9.17, 15) is 4.79 Å². The largest absolute Gasteiger partial charge is 0.342 e. The number of nitrogens with zero attached hydrogens (tertiary/aromatic N) is 3. The number of urea groups is 1. The molecule has 168 valence electrons. The van der Waals surface area contributed by atoms with Gasteiger partial charge in [-0.1, -0.05) is 65.7 Å². The van der Waals surface area contributed by atoms with Crippen molar-refractivity contribution in [2.24, 2.45) is 5.10 Å². The molecule has 0 aliphatic carbocycles. The lowest BCUT2D eigenvalue weighted by molar-refractivity contribution is 0.218. The summed E-state index contributed by atoms with van der Waals surface area (Å²) in [6, 6.07) is 28.2. The van der Waals surface area contributed by atoms with E-state index in [4.69, 9.17) is 23.2 Å². The van der Waals surface area contributed by atoms with E-state index in [1.807, 2.05) is 91.0 Å². The summed E-state index contributed by atoms with van der Waals surface area (Å²) >= 11 is 12.2. The first-order valence-electron chi connectivity index (χ1n) is 10.8. The van der Waals surface area contributed by atoms with Crippen LogP contribution in [0, 0.1) is 0 Å². The van der Waals surface area contributed by atoms with Crippen LogP contribution in [0.5, 0.6) is 0 Å². The minimum Gasteiger partial charge on any atom is -0.306 e. The molecule has 0 saturated carbocycles. The Balaban J connectivity index is 1.37. The van der Waals surface area contributed by atoms with Crippen molar-refractivity contribution >= 4 is 40.6 Å². The predicted octanol–water partition coefficient (Wildman–Crippen LogP) is 7.09. The second kappa shape index (κ2) is 9.67. The van der Waals surface area contributed by atoms with E-state index in [-0.39, 0.29) is 11.9 Å². The molecule has 5 rings (SSSR count). The summed E-state index contributed by atoms with van der Waals surface area (Å²) in [5.41, 5.74) is 5.29. The fourth-order valence-corrected chi connectivity index (χ4v) is 4.16. The van der Waals surface area contributed by atoms with Crippen LogP contribution in [0.4, 0.5) is 10.5 Å². The van der Waals surface area contributed by atoms with Crippen molar-refractivity contribution in [3.63, 3.8) is 0 Å². The van der Waals surface area contributed by atoms with Crippen LogP contribution in [0.15, 0.2) is 102 Å². The van der Waals surface area contributed by atoms with Crippen LogP contribution < -0.4 is 5.32 Å². The van der Waals surface area contributed by atoms with Crippen molar-refractivity contribution in [1.29, 1.82) is 0 Å². The molecule has 1 aromatic heterocycles. The highest BCUT2D eigenvalue weighted by Crippen LogP contribution is 2.30. The van der Waals surface area contributed by atoms with Crippen molar-refractivity contribution < 1.29 is 4.79 Å². The molecule has 0 spiro atoms. The van der Waals surface area contributed by atoms with Gasteiger partial charge >= 0.3 is 6.03 Å². The van der Waals surface area contributed by atoms with Gasteiger partial charge in [0.05, 0.1) is 18.0 Å². The number of halogens is 2. The number of rotatable bonds is 4. The molecule has 4 aromatic rings. The average molecular weight is 487 g/mol. The first kappa shape index (κ1) is 22.1. The Morgan fingerprint density at radius 2 is 1.47 bits per heavy atom. The Bertz CT molecular complexity index is 1320. The number of hydrogen-bond acceptors (Lipinski definition) is 3. The van der Waals surface area contributed by atoms with Gasteiger partial charge in [-0.15, -0.1) is 0 Å². The van der Waals surface area contributed by atoms with E-state index in [0.717, 1.165) is 28.1 Å². The van der Waals surface area contributed by atoms with E-state index in [1.165, 1.54) is 5.01 Å². The first-order chi connectivity index (χ1) is 16.6. The lowest BCUT2D eigenvalue weighted by Gasteiger charge is -2.16. The predicted molar refractivity (Wildman–Crippen MR) is 138 cm³/mol. The van der Waals surface area contributed by atoms with Crippen molar-refractivity contribution in [3.05, 3.63) is 118 Å². The zero-order valence-corrected chi connectivity index (χ0v) is 19.5. The fourth-order valence-electron chi connectivity index (χ4n) is 3.91. The maximum absolute atomic E-state index is 13.1. The van der Waals surface area contributed by atoms with E-state index in [1.54, 1.807) is 6.20 Å². The van der Waals surface area contributed by atoms with Crippen molar-refractivity contribution in [1.82, 2.24) is 9.99 Å². The summed E-state index contributed by atoms with van der Waals surface area (Å²) in [4.78, 5) is 17.4. The smallest absolute Gasteiger partial charge is 0.306 e. The molecule has 34 heavy (non-hydrogen) atoms. The van der Waals surface area contributed by atoms with Gasteiger partial charge in [0.25, 0.3) is 0 Å². The molecule has 1 aliphatic rings. The Morgan fingerprint density at radius 1 is 0.824 bits per heavy atom. The Kier molecular flexibility index (Phi) is 6.30. The molecule has 1 aliphatic heterocycles. The molecule has 1 N–H and O–H groups in total. The third-order valence-electron chi connectivity index (χ3n) is 5.66. The summed E-state index contributed by atoms with van der Waals surface area (Å²) < 4.78 is 0. The summed E-state index contributed by atoms with van der Waals surface area (Å²) in [5.74, 6) is -0.0873. The van der Waals surface area contributed by atoms with Crippen LogP contribution in [0.2, 0.25) is 10.0 Å². The second-order valence-electron chi connectivity index (χ2n) is 7.90. The first-order valence-corrected chi connectivity index (χ1v) is 11.5. The molecule has 2 heterocycles. The van der Waals surface area contributed by atoms with Crippen LogP contribution >= 0.6 is 23.2 Å². The van der Waals surface area contributed by atoms with Gasteiger partial charge in [0.1, 0.15) is 0 Å². The lowest BCUT2D eigenvalue weighted by Crippen LogP contribution is -2.30. The highest BCUT2D eigenvalue weighted by molar-refractivity contribution is 6.31. The van der Waals surface area contributed by atoms with Gasteiger partial charge in [-0.3, -0.25) is 4.98 Å². The van der Waals surface area contributed by atoms with Crippen LogP contribution in [0.3, 0.4) is 0 Å². The summed E-state index contributed by atoms with van der Waals surface area (Å²) in [6.07, 6.45) is 1.76. The standard InChI is InChI=1S/C27H20Cl2N4O/c28-21-10-4-18(5-11-21)24-17-33(32-26(24)20-6-12-22(29)13-7-20)27(34)31-23-14-8-19(9-15-23)25-3-1-2-16-30-25/h1-16,24H,17H2,(H,31,34)/t24-/m0/s1. The van der Waals surface area contributed by atoms with Crippen molar-refractivity contribution in [3.8, 4) is 11.3 Å². The van der Waals surface area contributed by atoms with Gasteiger partial charge in [-0.05, 0) is 59.7 Å². The monoisotopic (exact) mass is 486 g/mol. The number of benzene rings is 3. The number of hydrogen-bond donors (Lipinski definition) is 1. The van der Waals surface area contributed by atoms with Gasteiger partial charge < -0.3 is 5.32 Å². The zero-order valence-electron chi connectivity index (χ0n) is 18.0. The zero-order chi connectivity index (χ0) is 23.5. The lowest BCUT2D eigenvalue weighted by atomic mass is 9.91. The van der Waals surface area contributed by atoms with Gasteiger partial charge in [0.2, 0.25) is 0 Å². The van der Waals surface area contributed by atoms with Crippen LogP contribution in [0.1, 0.15) is 17.0 Å². The number of nitrogens with one attached hydrogen (secondary N) is 1. The number of carbonyl (C=O) groups is 1. The molecule has 1 atom stereocenters. The molecule has 0 radical (unpaired) electrons. The number of pyridine rings is 1. The number of anilines is 1. The molecule has 0 fully saturated rings. The Morgan fingerprint density at radius 3 is 2.12 bits per heavy atom.